The van der Waals surface area contributed by atoms with Crippen LogP contribution in [0.3, 0.4) is 0 Å². The molecule has 0 aliphatic heterocycles. The maximum atomic E-state index is 12.9. The van der Waals surface area contributed by atoms with E-state index in [0.29, 0.717) is 50.6 Å². The van der Waals surface area contributed by atoms with Crippen molar-refractivity contribution in [3.63, 3.8) is 0 Å². The van der Waals surface area contributed by atoms with E-state index < -0.39 is 11.8 Å². The molecule has 42 heavy (non-hydrogen) atoms. The number of anilines is 1. The van der Waals surface area contributed by atoms with E-state index >= 15 is 0 Å². The van der Waals surface area contributed by atoms with Crippen molar-refractivity contribution >= 4 is 69.9 Å². The number of hydrogen-bond donors (Lipinski definition) is 2. The van der Waals surface area contributed by atoms with Crippen LogP contribution in [0.4, 0.5) is 5.69 Å². The number of halogens is 3. The Bertz CT molecular complexity index is 1670. The van der Waals surface area contributed by atoms with Crippen molar-refractivity contribution in [1.29, 1.82) is 0 Å². The fourth-order valence-corrected chi connectivity index (χ4v) is 4.81. The van der Waals surface area contributed by atoms with Gasteiger partial charge in [0.2, 0.25) is 11.8 Å². The summed E-state index contributed by atoms with van der Waals surface area (Å²) in [6.07, 6.45) is 4.69. The molecule has 0 unspecified atom stereocenters. The monoisotopic (exact) mass is 627 g/mol. The molecule has 2 heterocycles. The molecule has 0 aliphatic carbocycles. The molecule has 12 heteroatoms. The van der Waals surface area contributed by atoms with E-state index in [-0.39, 0.29) is 24.1 Å². The Hall–Kier alpha value is -4.05. The molecule has 0 saturated carbocycles. The normalized spacial score (nSPS) is 11.1. The second-order valence-electron chi connectivity index (χ2n) is 9.19. The first-order chi connectivity index (χ1) is 20.1. The lowest BCUT2D eigenvalue weighted by molar-refractivity contribution is -0.122. The third-order valence-electron chi connectivity index (χ3n) is 6.34. The lowest BCUT2D eigenvalue weighted by Crippen LogP contribution is -2.37. The fourth-order valence-electron chi connectivity index (χ4n) is 4.02. The van der Waals surface area contributed by atoms with Crippen LogP contribution in [0.15, 0.2) is 60.8 Å². The molecule has 2 aromatic carbocycles. The zero-order valence-corrected chi connectivity index (χ0v) is 25.3. The first-order valence-electron chi connectivity index (χ1n) is 12.9. The average molecular weight is 629 g/mol. The Morgan fingerprint density at radius 2 is 1.79 bits per heavy atom. The van der Waals surface area contributed by atoms with Gasteiger partial charge in [0.25, 0.3) is 5.91 Å². The summed E-state index contributed by atoms with van der Waals surface area (Å²) in [5.41, 5.74) is 3.36. The Morgan fingerprint density at radius 1 is 1.05 bits per heavy atom. The molecule has 0 spiro atoms. The molecule has 0 radical (unpaired) electrons. The second kappa shape index (κ2) is 13.7. The molecule has 0 aliphatic rings. The predicted octanol–water partition coefficient (Wildman–Crippen LogP) is 5.72. The highest BCUT2D eigenvalue weighted by molar-refractivity contribution is 6.38. The number of fused-ring (bicyclic) bond motifs is 1. The maximum Gasteiger partial charge on any atom is 0.251 e. The van der Waals surface area contributed by atoms with Crippen LogP contribution in [0.5, 0.6) is 5.75 Å². The Kier molecular flexibility index (Phi) is 10.1. The highest BCUT2D eigenvalue weighted by atomic mass is 35.5. The van der Waals surface area contributed by atoms with E-state index in [4.69, 9.17) is 39.5 Å². The zero-order valence-electron chi connectivity index (χ0n) is 23.1. The molecule has 0 atom stereocenters. The van der Waals surface area contributed by atoms with Crippen LogP contribution in [-0.4, -0.2) is 47.2 Å². The van der Waals surface area contributed by atoms with Gasteiger partial charge in [0, 0.05) is 42.0 Å². The van der Waals surface area contributed by atoms with Crippen LogP contribution in [0.25, 0.3) is 11.7 Å². The second-order valence-corrected chi connectivity index (χ2v) is 10.3. The number of pyridine rings is 1. The van der Waals surface area contributed by atoms with Crippen molar-refractivity contribution in [2.75, 3.05) is 25.0 Å². The highest BCUT2D eigenvalue weighted by Crippen LogP contribution is 2.35. The SMILES string of the molecule is CCNC(=O)c1ccc(/C=C/C(=O)NCC(=O)N(C)c2ccc(Cl)c(COc3cccn4c(Cl)c(C)nc34)c2Cl)cc1. The van der Waals surface area contributed by atoms with Gasteiger partial charge < -0.3 is 20.3 Å². The number of hydrogen-bond acceptors (Lipinski definition) is 5. The molecule has 2 N–H and O–H groups in total. The number of likely N-dealkylation sites (N-methyl/N-ethyl adjacent to an activating group) is 1. The summed E-state index contributed by atoms with van der Waals surface area (Å²) in [4.78, 5) is 42.9. The fraction of sp³-hybridized carbons (Fsp3) is 0.200. The largest absolute Gasteiger partial charge is 0.485 e. The number of aromatic nitrogens is 2. The van der Waals surface area contributed by atoms with Crippen LogP contribution >= 0.6 is 34.8 Å². The topological polar surface area (TPSA) is 105 Å². The van der Waals surface area contributed by atoms with Gasteiger partial charge in [-0.25, -0.2) is 4.98 Å². The van der Waals surface area contributed by atoms with Crippen molar-refractivity contribution in [1.82, 2.24) is 20.0 Å². The Balaban J connectivity index is 1.37. The molecule has 4 rings (SSSR count). The Morgan fingerprint density at radius 3 is 2.50 bits per heavy atom. The third kappa shape index (κ3) is 7.05. The van der Waals surface area contributed by atoms with E-state index in [9.17, 15) is 14.4 Å². The predicted molar refractivity (Wildman–Crippen MR) is 166 cm³/mol. The third-order valence-corrected chi connectivity index (χ3v) is 7.57. The summed E-state index contributed by atoms with van der Waals surface area (Å²) in [6, 6.07) is 13.6. The van der Waals surface area contributed by atoms with E-state index in [0.717, 1.165) is 5.56 Å². The molecule has 3 amide bonds. The van der Waals surface area contributed by atoms with Crippen molar-refractivity contribution in [3.05, 3.63) is 98.4 Å². The van der Waals surface area contributed by atoms with Crippen molar-refractivity contribution in [2.24, 2.45) is 0 Å². The van der Waals surface area contributed by atoms with Crippen LogP contribution in [0, 0.1) is 6.92 Å². The molecule has 9 nitrogen and oxygen atoms in total. The number of rotatable bonds is 10. The molecule has 0 bridgehead atoms. The quantitative estimate of drug-likeness (QED) is 0.219. The Labute approximate surface area is 258 Å². The summed E-state index contributed by atoms with van der Waals surface area (Å²) in [6.45, 7) is 3.94. The first kappa shape index (κ1) is 30.9. The highest BCUT2D eigenvalue weighted by Gasteiger charge is 2.20. The van der Waals surface area contributed by atoms with Crippen molar-refractivity contribution in [2.45, 2.75) is 20.5 Å². The lowest BCUT2D eigenvalue weighted by atomic mass is 10.1. The molecular weight excluding hydrogens is 601 g/mol. The van der Waals surface area contributed by atoms with Gasteiger partial charge in [-0.05, 0) is 61.9 Å². The van der Waals surface area contributed by atoms with Crippen LogP contribution in [-0.2, 0) is 16.2 Å². The minimum absolute atomic E-state index is 0.0164. The van der Waals surface area contributed by atoms with Crippen LogP contribution < -0.4 is 20.3 Å². The van der Waals surface area contributed by atoms with Gasteiger partial charge in [-0.15, -0.1) is 0 Å². The number of nitrogens with zero attached hydrogens (tertiary/aromatic N) is 3. The van der Waals surface area contributed by atoms with Crippen molar-refractivity contribution in [3.8, 4) is 5.75 Å². The van der Waals surface area contributed by atoms with Gasteiger partial charge in [0.1, 0.15) is 11.8 Å². The van der Waals surface area contributed by atoms with Crippen molar-refractivity contribution < 1.29 is 19.1 Å². The molecule has 0 saturated heterocycles. The standard InChI is InChI=1S/C30H28Cl3N5O4/c1-4-34-30(41)20-10-7-19(8-11-20)9-14-25(39)35-16-26(40)37(3)23-13-12-22(31)21(27(23)32)17-42-24-6-5-15-38-28(33)18(2)36-29(24)38/h5-15H,4,16-17H2,1-3H3,(H,34,41)(H,35,39)/b14-9+. The number of imidazole rings is 1. The van der Waals surface area contributed by atoms with E-state index in [1.807, 2.05) is 6.92 Å². The lowest BCUT2D eigenvalue weighted by Gasteiger charge is -2.21. The summed E-state index contributed by atoms with van der Waals surface area (Å²) < 4.78 is 7.72. The first-order valence-corrected chi connectivity index (χ1v) is 14.1. The van der Waals surface area contributed by atoms with E-state index in [2.05, 4.69) is 15.6 Å². The summed E-state index contributed by atoms with van der Waals surface area (Å²) in [5, 5.41) is 6.39. The summed E-state index contributed by atoms with van der Waals surface area (Å²) >= 11 is 19.4. The number of benzene rings is 2. The van der Waals surface area contributed by atoms with Crippen LogP contribution in [0.2, 0.25) is 15.2 Å². The van der Waals surface area contributed by atoms with Gasteiger partial charge >= 0.3 is 0 Å². The number of nitrogens with one attached hydrogen (secondary N) is 2. The van der Waals surface area contributed by atoms with Crippen LogP contribution in [0.1, 0.15) is 34.1 Å². The molecule has 0 fully saturated rings. The summed E-state index contributed by atoms with van der Waals surface area (Å²) in [5.74, 6) is -0.528. The molecule has 218 valence electrons. The average Bonchev–Trinajstić information content (AvgIpc) is 3.28. The summed E-state index contributed by atoms with van der Waals surface area (Å²) in [7, 11) is 1.55. The zero-order chi connectivity index (χ0) is 30.4. The minimum Gasteiger partial charge on any atom is -0.485 e. The van der Waals surface area contributed by atoms with Gasteiger partial charge in [-0.3, -0.25) is 18.8 Å². The number of amides is 3. The smallest absolute Gasteiger partial charge is 0.251 e. The van der Waals surface area contributed by atoms with E-state index in [1.54, 1.807) is 79.2 Å². The molecular formula is C30H28Cl3N5O4. The number of aryl methyl sites for hydroxylation is 1. The number of carbonyl (C=O) groups is 3. The van der Waals surface area contributed by atoms with Gasteiger partial charge in [-0.1, -0.05) is 46.9 Å². The van der Waals surface area contributed by atoms with Gasteiger partial charge in [-0.2, -0.15) is 0 Å². The maximum absolute atomic E-state index is 12.9. The van der Waals surface area contributed by atoms with E-state index in [1.165, 1.54) is 11.0 Å². The minimum atomic E-state index is -0.454. The number of carbonyl (C=O) groups excluding carboxylic acids is 3. The molecule has 4 aromatic rings. The van der Waals surface area contributed by atoms with Gasteiger partial charge in [0.15, 0.2) is 11.4 Å². The number of ether oxygens (including phenoxy) is 1. The van der Waals surface area contributed by atoms with Gasteiger partial charge in [0.05, 0.1) is 22.9 Å². The molecule has 2 aromatic heterocycles.